The van der Waals surface area contributed by atoms with Gasteiger partial charge in [-0.05, 0) is 30.9 Å². The van der Waals surface area contributed by atoms with Crippen LogP contribution >= 0.6 is 11.6 Å². The predicted molar refractivity (Wildman–Crippen MR) is 75.5 cm³/mol. The van der Waals surface area contributed by atoms with E-state index in [1.54, 1.807) is 0 Å². The highest BCUT2D eigenvalue weighted by Crippen LogP contribution is 2.36. The molecule has 0 radical (unpaired) electrons. The van der Waals surface area contributed by atoms with Crippen molar-refractivity contribution in [3.05, 3.63) is 28.5 Å². The molecule has 0 saturated heterocycles. The largest absolute Gasteiger partial charge is 0.478 e. The van der Waals surface area contributed by atoms with E-state index in [-0.39, 0.29) is 6.04 Å². The van der Waals surface area contributed by atoms with E-state index in [1.165, 1.54) is 0 Å². The van der Waals surface area contributed by atoms with E-state index in [0.717, 1.165) is 31.4 Å². The number of carboxylic acid groups (broad SMARTS) is 1. The molecule has 2 rings (SSSR count). The Morgan fingerprint density at radius 2 is 2.19 bits per heavy atom. The third-order valence-corrected chi connectivity index (χ3v) is 5.28. The van der Waals surface area contributed by atoms with Gasteiger partial charge in [-0.3, -0.25) is 0 Å². The number of sulfonamides is 1. The smallest absolute Gasteiger partial charge is 0.337 e. The maximum atomic E-state index is 13.6. The number of nitrogens with one attached hydrogen (secondary N) is 1. The van der Waals surface area contributed by atoms with Crippen molar-refractivity contribution in [1.82, 2.24) is 4.72 Å². The number of hydrogen-bond acceptors (Lipinski definition) is 3. The molecule has 0 bridgehead atoms. The van der Waals surface area contributed by atoms with Crippen LogP contribution in [0.5, 0.6) is 0 Å². The van der Waals surface area contributed by atoms with Crippen molar-refractivity contribution >= 4 is 27.6 Å². The highest BCUT2D eigenvalue weighted by molar-refractivity contribution is 7.89. The average molecular weight is 336 g/mol. The van der Waals surface area contributed by atoms with Gasteiger partial charge in [-0.15, -0.1) is 0 Å². The zero-order chi connectivity index (χ0) is 15.8. The molecule has 1 aromatic carbocycles. The van der Waals surface area contributed by atoms with E-state index in [2.05, 4.69) is 4.72 Å². The Hall–Kier alpha value is -1.18. The standard InChI is InChI=1S/C13H15ClFNO4S/c1-2-3-7-4-11(7)16-21(19,20)8-5-9(13(17)18)12(14)10(15)6-8/h5-7,11,16H,2-4H2,1H3,(H,17,18). The Kier molecular flexibility index (Phi) is 4.55. The van der Waals surface area contributed by atoms with Gasteiger partial charge in [-0.25, -0.2) is 22.3 Å². The first-order valence-corrected chi connectivity index (χ1v) is 8.37. The summed E-state index contributed by atoms with van der Waals surface area (Å²) in [5, 5.41) is 8.32. The van der Waals surface area contributed by atoms with Gasteiger partial charge in [0.25, 0.3) is 0 Å². The lowest BCUT2D eigenvalue weighted by Crippen LogP contribution is -2.27. The molecule has 1 aliphatic carbocycles. The molecule has 0 heterocycles. The first kappa shape index (κ1) is 16.2. The summed E-state index contributed by atoms with van der Waals surface area (Å²) in [5.41, 5.74) is -0.571. The lowest BCUT2D eigenvalue weighted by Gasteiger charge is -2.09. The third kappa shape index (κ3) is 3.53. The van der Waals surface area contributed by atoms with Crippen molar-refractivity contribution in [2.24, 2.45) is 5.92 Å². The van der Waals surface area contributed by atoms with Crippen molar-refractivity contribution in [3.63, 3.8) is 0 Å². The van der Waals surface area contributed by atoms with Gasteiger partial charge in [0.05, 0.1) is 15.5 Å². The van der Waals surface area contributed by atoms with E-state index in [4.69, 9.17) is 16.7 Å². The number of benzene rings is 1. The fourth-order valence-electron chi connectivity index (χ4n) is 2.22. The summed E-state index contributed by atoms with van der Waals surface area (Å²) in [6, 6.07) is 1.43. The molecule has 2 atom stereocenters. The van der Waals surface area contributed by atoms with Crippen LogP contribution in [0.2, 0.25) is 5.02 Å². The molecular weight excluding hydrogens is 321 g/mol. The molecule has 2 N–H and O–H groups in total. The summed E-state index contributed by atoms with van der Waals surface area (Å²) in [6.45, 7) is 2.01. The monoisotopic (exact) mass is 335 g/mol. The quantitative estimate of drug-likeness (QED) is 0.837. The van der Waals surface area contributed by atoms with E-state index < -0.39 is 37.3 Å². The van der Waals surface area contributed by atoms with Crippen molar-refractivity contribution in [2.45, 2.75) is 37.1 Å². The topological polar surface area (TPSA) is 83.5 Å². The zero-order valence-electron chi connectivity index (χ0n) is 11.3. The molecule has 1 aromatic rings. The van der Waals surface area contributed by atoms with Crippen LogP contribution in [0.15, 0.2) is 17.0 Å². The van der Waals surface area contributed by atoms with E-state index >= 15 is 0 Å². The highest BCUT2D eigenvalue weighted by atomic mass is 35.5. The van der Waals surface area contributed by atoms with Crippen LogP contribution < -0.4 is 4.72 Å². The molecule has 1 fully saturated rings. The van der Waals surface area contributed by atoms with Crippen molar-refractivity contribution < 1.29 is 22.7 Å². The number of carbonyl (C=O) groups is 1. The van der Waals surface area contributed by atoms with Gasteiger partial charge in [0, 0.05) is 6.04 Å². The first-order valence-electron chi connectivity index (χ1n) is 6.51. The highest BCUT2D eigenvalue weighted by Gasteiger charge is 2.39. The fourth-order valence-corrected chi connectivity index (χ4v) is 3.77. The van der Waals surface area contributed by atoms with Crippen molar-refractivity contribution in [2.75, 3.05) is 0 Å². The van der Waals surface area contributed by atoms with Gasteiger partial charge >= 0.3 is 5.97 Å². The maximum Gasteiger partial charge on any atom is 0.337 e. The molecule has 0 aromatic heterocycles. The summed E-state index contributed by atoms with van der Waals surface area (Å²) in [6.07, 6.45) is 2.62. The molecule has 0 spiro atoms. The van der Waals surface area contributed by atoms with Gasteiger partial charge < -0.3 is 5.11 Å². The lowest BCUT2D eigenvalue weighted by molar-refractivity contribution is 0.0696. The van der Waals surface area contributed by atoms with Gasteiger partial charge in [0.1, 0.15) is 5.82 Å². The molecule has 21 heavy (non-hydrogen) atoms. The number of carboxylic acids is 1. The Morgan fingerprint density at radius 3 is 2.76 bits per heavy atom. The maximum absolute atomic E-state index is 13.6. The number of hydrogen-bond donors (Lipinski definition) is 2. The fraction of sp³-hybridized carbons (Fsp3) is 0.462. The van der Waals surface area contributed by atoms with E-state index in [9.17, 15) is 17.6 Å². The Labute approximate surface area is 127 Å². The Bertz CT molecular complexity index is 677. The van der Waals surface area contributed by atoms with Crippen molar-refractivity contribution in [1.29, 1.82) is 0 Å². The van der Waals surface area contributed by atoms with E-state index in [1.807, 2.05) is 6.92 Å². The number of halogens is 2. The number of aromatic carboxylic acids is 1. The minimum Gasteiger partial charge on any atom is -0.478 e. The molecule has 1 aliphatic rings. The lowest BCUT2D eigenvalue weighted by atomic mass is 10.2. The van der Waals surface area contributed by atoms with Crippen LogP contribution in [0.3, 0.4) is 0 Å². The van der Waals surface area contributed by atoms with Crippen LogP contribution in [0.4, 0.5) is 4.39 Å². The molecule has 1 saturated carbocycles. The molecule has 5 nitrogen and oxygen atoms in total. The summed E-state index contributed by atoms with van der Waals surface area (Å²) < 4.78 is 40.4. The SMILES string of the molecule is CCCC1CC1NS(=O)(=O)c1cc(F)c(Cl)c(C(=O)O)c1. The second kappa shape index (κ2) is 5.90. The summed E-state index contributed by atoms with van der Waals surface area (Å²) >= 11 is 5.52. The second-order valence-corrected chi connectivity index (χ2v) is 7.18. The normalized spacial score (nSPS) is 21.3. The average Bonchev–Trinajstić information content (AvgIpc) is 3.09. The first-order chi connectivity index (χ1) is 9.76. The molecule has 0 amide bonds. The van der Waals surface area contributed by atoms with E-state index in [0.29, 0.717) is 5.92 Å². The minimum atomic E-state index is -3.96. The molecule has 116 valence electrons. The van der Waals surface area contributed by atoms with Crippen LogP contribution in [0.1, 0.15) is 36.5 Å². The molecule has 0 aliphatic heterocycles. The van der Waals surface area contributed by atoms with Gasteiger partial charge in [-0.1, -0.05) is 24.9 Å². The van der Waals surface area contributed by atoms with Crippen LogP contribution in [-0.2, 0) is 10.0 Å². The van der Waals surface area contributed by atoms with Crippen LogP contribution in [-0.4, -0.2) is 25.5 Å². The number of rotatable bonds is 6. The second-order valence-electron chi connectivity index (χ2n) is 5.08. The predicted octanol–water partition coefficient (Wildman–Crippen LogP) is 2.64. The third-order valence-electron chi connectivity index (χ3n) is 3.43. The Balaban J connectivity index is 2.27. The van der Waals surface area contributed by atoms with Crippen LogP contribution in [0, 0.1) is 11.7 Å². The summed E-state index contributed by atoms with van der Waals surface area (Å²) in [5.74, 6) is -2.26. The van der Waals surface area contributed by atoms with Gasteiger partial charge in [-0.2, -0.15) is 0 Å². The minimum absolute atomic E-state index is 0.165. The van der Waals surface area contributed by atoms with Crippen LogP contribution in [0.25, 0.3) is 0 Å². The summed E-state index contributed by atoms with van der Waals surface area (Å²) in [7, 11) is -3.96. The summed E-state index contributed by atoms with van der Waals surface area (Å²) in [4.78, 5) is 10.5. The zero-order valence-corrected chi connectivity index (χ0v) is 12.8. The van der Waals surface area contributed by atoms with Crippen molar-refractivity contribution in [3.8, 4) is 0 Å². The molecular formula is C13H15ClFNO4S. The van der Waals surface area contributed by atoms with Gasteiger partial charge in [0.2, 0.25) is 10.0 Å². The molecule has 2 unspecified atom stereocenters. The Morgan fingerprint density at radius 1 is 1.52 bits per heavy atom. The molecule has 8 heteroatoms. The van der Waals surface area contributed by atoms with Gasteiger partial charge in [0.15, 0.2) is 0 Å².